The first-order chi connectivity index (χ1) is 9.15. The van der Waals surface area contributed by atoms with Crippen molar-refractivity contribution in [1.82, 2.24) is 0 Å². The van der Waals surface area contributed by atoms with Gasteiger partial charge in [-0.3, -0.25) is 0 Å². The Kier molecular flexibility index (Phi) is 3.52. The van der Waals surface area contributed by atoms with Crippen LogP contribution in [-0.4, -0.2) is 11.7 Å². The number of hydrogen-bond donors (Lipinski definition) is 1. The van der Waals surface area contributed by atoms with E-state index in [4.69, 9.17) is 16.3 Å². The van der Waals surface area contributed by atoms with E-state index in [1.165, 1.54) is 0 Å². The van der Waals surface area contributed by atoms with Gasteiger partial charge in [-0.25, -0.2) is 0 Å². The summed E-state index contributed by atoms with van der Waals surface area (Å²) in [5, 5.41) is 11.2. The van der Waals surface area contributed by atoms with Crippen LogP contribution in [-0.2, 0) is 6.42 Å². The largest absolute Gasteiger partial charge is 0.493 e. The topological polar surface area (TPSA) is 29.5 Å². The fourth-order valence-electron chi connectivity index (χ4n) is 2.33. The van der Waals surface area contributed by atoms with E-state index < -0.39 is 6.10 Å². The van der Waals surface area contributed by atoms with Gasteiger partial charge in [0.1, 0.15) is 11.9 Å². The van der Waals surface area contributed by atoms with Gasteiger partial charge in [0.15, 0.2) is 0 Å². The molecule has 1 aliphatic rings. The van der Waals surface area contributed by atoms with E-state index in [-0.39, 0.29) is 0 Å². The SMILES string of the molecule is OC(c1ccc(Cl)cc1)c1cc(Br)cc2c1OCC2. The van der Waals surface area contributed by atoms with Crippen molar-refractivity contribution in [1.29, 1.82) is 0 Å². The van der Waals surface area contributed by atoms with Crippen molar-refractivity contribution in [3.8, 4) is 5.75 Å². The maximum absolute atomic E-state index is 10.5. The minimum Gasteiger partial charge on any atom is -0.493 e. The van der Waals surface area contributed by atoms with Gasteiger partial charge in [-0.1, -0.05) is 39.7 Å². The molecule has 4 heteroatoms. The Labute approximate surface area is 125 Å². The number of hydrogen-bond acceptors (Lipinski definition) is 2. The van der Waals surface area contributed by atoms with E-state index >= 15 is 0 Å². The second-order valence-electron chi connectivity index (χ2n) is 4.54. The summed E-state index contributed by atoms with van der Waals surface area (Å²) >= 11 is 9.35. The molecule has 2 aromatic rings. The maximum Gasteiger partial charge on any atom is 0.128 e. The second-order valence-corrected chi connectivity index (χ2v) is 5.89. The minimum atomic E-state index is -0.707. The lowest BCUT2D eigenvalue weighted by Gasteiger charge is -2.15. The summed E-state index contributed by atoms with van der Waals surface area (Å²) in [7, 11) is 0. The van der Waals surface area contributed by atoms with E-state index in [0.717, 1.165) is 33.3 Å². The number of benzene rings is 2. The predicted molar refractivity (Wildman–Crippen MR) is 78.9 cm³/mol. The molecule has 0 bridgehead atoms. The van der Waals surface area contributed by atoms with E-state index in [0.29, 0.717) is 11.6 Å². The monoisotopic (exact) mass is 338 g/mol. The molecule has 0 saturated carbocycles. The Bertz CT molecular complexity index is 610. The molecule has 2 nitrogen and oxygen atoms in total. The van der Waals surface area contributed by atoms with Crippen molar-refractivity contribution in [3.05, 3.63) is 62.6 Å². The zero-order valence-electron chi connectivity index (χ0n) is 10.1. The van der Waals surface area contributed by atoms with Gasteiger partial charge in [0.2, 0.25) is 0 Å². The molecule has 1 unspecified atom stereocenters. The highest BCUT2D eigenvalue weighted by Gasteiger charge is 2.23. The first-order valence-corrected chi connectivity index (χ1v) is 7.21. The summed E-state index contributed by atoms with van der Waals surface area (Å²) in [5.74, 6) is 0.811. The number of aliphatic hydroxyl groups excluding tert-OH is 1. The number of ether oxygens (including phenoxy) is 1. The Morgan fingerprint density at radius 3 is 2.68 bits per heavy atom. The van der Waals surface area contributed by atoms with Crippen molar-refractivity contribution >= 4 is 27.5 Å². The lowest BCUT2D eigenvalue weighted by Crippen LogP contribution is -2.02. The summed E-state index contributed by atoms with van der Waals surface area (Å²) in [5.41, 5.74) is 2.74. The lowest BCUT2D eigenvalue weighted by molar-refractivity contribution is 0.213. The van der Waals surface area contributed by atoms with Crippen LogP contribution in [0.5, 0.6) is 5.75 Å². The summed E-state index contributed by atoms with van der Waals surface area (Å²) < 4.78 is 6.60. The molecule has 0 aliphatic carbocycles. The number of halogens is 2. The molecule has 0 amide bonds. The first kappa shape index (κ1) is 13.0. The molecule has 0 fully saturated rings. The molecule has 98 valence electrons. The molecule has 1 heterocycles. The summed E-state index contributed by atoms with van der Waals surface area (Å²) in [6, 6.07) is 11.2. The highest BCUT2D eigenvalue weighted by atomic mass is 79.9. The van der Waals surface area contributed by atoms with Gasteiger partial charge in [0.25, 0.3) is 0 Å². The standard InChI is InChI=1S/C15H12BrClO2/c16-11-7-10-5-6-19-15(10)13(8-11)14(18)9-1-3-12(17)4-2-9/h1-4,7-8,14,18H,5-6H2. The van der Waals surface area contributed by atoms with E-state index in [1.807, 2.05) is 24.3 Å². The van der Waals surface area contributed by atoms with Crippen LogP contribution in [0.15, 0.2) is 40.9 Å². The highest BCUT2D eigenvalue weighted by molar-refractivity contribution is 9.10. The van der Waals surface area contributed by atoms with Crippen LogP contribution in [0.25, 0.3) is 0 Å². The van der Waals surface area contributed by atoms with Gasteiger partial charge in [-0.15, -0.1) is 0 Å². The molecule has 3 rings (SSSR count). The fourth-order valence-corrected chi connectivity index (χ4v) is 2.97. The Morgan fingerprint density at radius 1 is 1.21 bits per heavy atom. The van der Waals surface area contributed by atoms with Gasteiger partial charge >= 0.3 is 0 Å². The zero-order valence-corrected chi connectivity index (χ0v) is 12.4. The zero-order chi connectivity index (χ0) is 13.4. The molecule has 0 aromatic heterocycles. The van der Waals surface area contributed by atoms with Gasteiger partial charge in [-0.05, 0) is 35.4 Å². The number of fused-ring (bicyclic) bond motifs is 1. The van der Waals surface area contributed by atoms with Crippen LogP contribution in [0.4, 0.5) is 0 Å². The van der Waals surface area contributed by atoms with Gasteiger partial charge in [0.05, 0.1) is 6.61 Å². The third-order valence-corrected chi connectivity index (χ3v) is 3.97. The van der Waals surface area contributed by atoms with Crippen molar-refractivity contribution in [2.24, 2.45) is 0 Å². The smallest absolute Gasteiger partial charge is 0.128 e. The van der Waals surface area contributed by atoms with Crippen molar-refractivity contribution in [3.63, 3.8) is 0 Å². The fraction of sp³-hybridized carbons (Fsp3) is 0.200. The van der Waals surface area contributed by atoms with Crippen LogP contribution in [0.1, 0.15) is 22.8 Å². The van der Waals surface area contributed by atoms with Crippen LogP contribution in [0, 0.1) is 0 Å². The predicted octanol–water partition coefficient (Wildman–Crippen LogP) is 4.12. The molecule has 0 saturated heterocycles. The Morgan fingerprint density at radius 2 is 1.95 bits per heavy atom. The quantitative estimate of drug-likeness (QED) is 0.892. The molecule has 19 heavy (non-hydrogen) atoms. The van der Waals surface area contributed by atoms with Crippen molar-refractivity contribution < 1.29 is 9.84 Å². The number of rotatable bonds is 2. The van der Waals surface area contributed by atoms with Gasteiger partial charge in [0, 0.05) is 21.5 Å². The van der Waals surface area contributed by atoms with E-state index in [9.17, 15) is 5.11 Å². The Balaban J connectivity index is 2.04. The maximum atomic E-state index is 10.5. The molecule has 0 radical (unpaired) electrons. The van der Waals surface area contributed by atoms with Gasteiger partial charge in [-0.2, -0.15) is 0 Å². The number of aliphatic hydroxyl groups is 1. The van der Waals surface area contributed by atoms with Crippen LogP contribution in [0.2, 0.25) is 5.02 Å². The van der Waals surface area contributed by atoms with Crippen LogP contribution in [0.3, 0.4) is 0 Å². The summed E-state index contributed by atoms with van der Waals surface area (Å²) in [6.45, 7) is 0.673. The third kappa shape index (κ3) is 2.50. The van der Waals surface area contributed by atoms with Crippen LogP contribution < -0.4 is 4.74 Å². The summed E-state index contributed by atoms with van der Waals surface area (Å²) in [4.78, 5) is 0. The lowest BCUT2D eigenvalue weighted by atomic mass is 9.98. The van der Waals surface area contributed by atoms with Crippen LogP contribution >= 0.6 is 27.5 Å². The molecule has 2 aromatic carbocycles. The third-order valence-electron chi connectivity index (χ3n) is 3.26. The second kappa shape index (κ2) is 5.16. The molecular formula is C15H12BrClO2. The van der Waals surface area contributed by atoms with Gasteiger partial charge < -0.3 is 9.84 Å². The van der Waals surface area contributed by atoms with Crippen molar-refractivity contribution in [2.75, 3.05) is 6.61 Å². The molecule has 1 atom stereocenters. The Hall–Kier alpha value is -1.03. The van der Waals surface area contributed by atoms with Crippen molar-refractivity contribution in [2.45, 2.75) is 12.5 Å². The first-order valence-electron chi connectivity index (χ1n) is 6.04. The average Bonchev–Trinajstić information content (AvgIpc) is 2.85. The highest BCUT2D eigenvalue weighted by Crippen LogP contribution is 2.38. The molecule has 1 N–H and O–H groups in total. The van der Waals surface area contributed by atoms with E-state index in [2.05, 4.69) is 15.9 Å². The van der Waals surface area contributed by atoms with E-state index in [1.54, 1.807) is 12.1 Å². The summed E-state index contributed by atoms with van der Waals surface area (Å²) in [6.07, 6.45) is 0.177. The normalized spacial score (nSPS) is 14.9. The molecular weight excluding hydrogens is 328 g/mol. The molecule has 1 aliphatic heterocycles. The average molecular weight is 340 g/mol. The minimum absolute atomic E-state index is 0.659. The molecule has 0 spiro atoms.